The molecule has 1 fully saturated rings. The van der Waals surface area contributed by atoms with E-state index >= 15 is 0 Å². The number of hydrogen-bond acceptors (Lipinski definition) is 2. The molecule has 0 N–H and O–H groups in total. The normalized spacial score (nSPS) is 21.0. The zero-order valence-electron chi connectivity index (χ0n) is 12.3. The first-order valence-electron chi connectivity index (χ1n) is 7.28. The van der Waals surface area contributed by atoms with Crippen LogP contribution in [0.3, 0.4) is 0 Å². The largest absolute Gasteiger partial charge is 0.303 e. The molecule has 0 amide bonds. The Balaban J connectivity index is 0.000000165. The number of likely N-dealkylation sites (N-methyl/N-ethyl adjacent to an activating group) is 2. The van der Waals surface area contributed by atoms with Gasteiger partial charge in [-0.1, -0.05) is 48.5 Å². The third kappa shape index (κ3) is 3.09. The number of nitrogens with zero attached hydrogens (tertiary/aromatic N) is 2. The predicted octanol–water partition coefficient (Wildman–Crippen LogP) is 3.27. The predicted molar refractivity (Wildman–Crippen MR) is 84.7 cm³/mol. The van der Waals surface area contributed by atoms with Gasteiger partial charge in [0.1, 0.15) is 0 Å². The summed E-state index contributed by atoms with van der Waals surface area (Å²) in [5, 5.41) is 0. The fourth-order valence-electron chi connectivity index (χ4n) is 2.72. The topological polar surface area (TPSA) is 6.48 Å². The molecule has 1 aromatic carbocycles. The summed E-state index contributed by atoms with van der Waals surface area (Å²) in [4.78, 5) is 4.84. The molecule has 0 radical (unpaired) electrons. The van der Waals surface area contributed by atoms with Crippen molar-refractivity contribution in [3.63, 3.8) is 0 Å². The maximum absolute atomic E-state index is 2.44. The Morgan fingerprint density at radius 2 is 1.55 bits per heavy atom. The summed E-state index contributed by atoms with van der Waals surface area (Å²) in [5.74, 6) is 0. The Bertz CT molecular complexity index is 547. The van der Waals surface area contributed by atoms with Crippen molar-refractivity contribution in [2.24, 2.45) is 0 Å². The molecule has 1 heterocycles. The lowest BCUT2D eigenvalue weighted by Crippen LogP contribution is -2.44. The van der Waals surface area contributed by atoms with Gasteiger partial charge in [0.25, 0.3) is 0 Å². The second kappa shape index (κ2) is 5.78. The molecular weight excluding hydrogens is 244 g/mol. The maximum atomic E-state index is 2.44. The fourth-order valence-corrected chi connectivity index (χ4v) is 2.72. The van der Waals surface area contributed by atoms with E-state index in [0.29, 0.717) is 6.04 Å². The average Bonchev–Trinajstić information content (AvgIpc) is 3.09. The summed E-state index contributed by atoms with van der Waals surface area (Å²) in [7, 11) is 4.41. The van der Waals surface area contributed by atoms with Gasteiger partial charge in [0.15, 0.2) is 0 Å². The van der Waals surface area contributed by atoms with Gasteiger partial charge in [0.2, 0.25) is 0 Å². The highest BCUT2D eigenvalue weighted by atomic mass is 15.3. The van der Waals surface area contributed by atoms with E-state index in [9.17, 15) is 0 Å². The number of benzene rings is 2. The van der Waals surface area contributed by atoms with Crippen LogP contribution in [-0.4, -0.2) is 43.5 Å². The third-order valence-corrected chi connectivity index (χ3v) is 4.15. The van der Waals surface area contributed by atoms with Crippen molar-refractivity contribution in [3.8, 4) is 11.1 Å². The average molecular weight is 266 g/mol. The Kier molecular flexibility index (Phi) is 3.86. The second-order valence-electron chi connectivity index (χ2n) is 5.75. The van der Waals surface area contributed by atoms with Crippen LogP contribution < -0.4 is 0 Å². The molecule has 1 aliphatic heterocycles. The van der Waals surface area contributed by atoms with Gasteiger partial charge in [0.05, 0.1) is 0 Å². The lowest BCUT2D eigenvalue weighted by Gasteiger charge is -2.37. The van der Waals surface area contributed by atoms with Crippen LogP contribution in [0.15, 0.2) is 54.6 Å². The number of fused-ring (bicyclic) bond motifs is 1. The summed E-state index contributed by atoms with van der Waals surface area (Å²) in [6.45, 7) is 3.48. The van der Waals surface area contributed by atoms with Crippen molar-refractivity contribution >= 4 is 0 Å². The molecule has 1 saturated heterocycles. The molecule has 0 spiro atoms. The van der Waals surface area contributed by atoms with Crippen LogP contribution in [0, 0.1) is 0 Å². The number of rotatable bonds is 1. The van der Waals surface area contributed by atoms with E-state index in [1.807, 2.05) is 0 Å². The Morgan fingerprint density at radius 3 is 2.10 bits per heavy atom. The third-order valence-electron chi connectivity index (χ3n) is 4.15. The van der Waals surface area contributed by atoms with Crippen molar-refractivity contribution < 1.29 is 0 Å². The molecule has 3 aliphatic rings. The Labute approximate surface area is 121 Å². The van der Waals surface area contributed by atoms with Crippen molar-refractivity contribution in [3.05, 3.63) is 60.2 Å². The van der Waals surface area contributed by atoms with E-state index in [0.717, 1.165) is 13.1 Å². The number of piperazine rings is 1. The quantitative estimate of drug-likeness (QED) is 0.667. The van der Waals surface area contributed by atoms with Gasteiger partial charge in [-0.2, -0.15) is 0 Å². The van der Waals surface area contributed by atoms with Gasteiger partial charge in [-0.25, -0.2) is 0 Å². The molecule has 20 heavy (non-hydrogen) atoms. The van der Waals surface area contributed by atoms with Crippen molar-refractivity contribution in [2.45, 2.75) is 6.04 Å². The first-order chi connectivity index (χ1) is 9.74. The van der Waals surface area contributed by atoms with Crippen molar-refractivity contribution in [1.82, 2.24) is 9.80 Å². The van der Waals surface area contributed by atoms with Gasteiger partial charge < -0.3 is 4.90 Å². The zero-order valence-corrected chi connectivity index (χ0v) is 12.3. The molecule has 0 saturated carbocycles. The summed E-state index contributed by atoms with van der Waals surface area (Å²) in [6.07, 6.45) is 0. The van der Waals surface area contributed by atoms with Gasteiger partial charge in [-0.15, -0.1) is 0 Å². The molecule has 1 aromatic rings. The molecule has 2 nitrogen and oxygen atoms in total. The lowest BCUT2D eigenvalue weighted by atomic mass is 10.0. The monoisotopic (exact) mass is 266 g/mol. The van der Waals surface area contributed by atoms with Crippen molar-refractivity contribution in [1.29, 1.82) is 0 Å². The maximum Gasteiger partial charge on any atom is 0.0472 e. The van der Waals surface area contributed by atoms with Crippen LogP contribution in [0.2, 0.25) is 0 Å². The van der Waals surface area contributed by atoms with E-state index in [1.54, 1.807) is 0 Å². The van der Waals surface area contributed by atoms with Gasteiger partial charge in [-0.3, -0.25) is 4.90 Å². The van der Waals surface area contributed by atoms with E-state index in [2.05, 4.69) is 78.5 Å². The summed E-state index contributed by atoms with van der Waals surface area (Å²) in [5.41, 5.74) is 4.28. The van der Waals surface area contributed by atoms with Crippen LogP contribution in [0.1, 0.15) is 11.6 Å². The van der Waals surface area contributed by atoms with Gasteiger partial charge >= 0.3 is 0 Å². The molecule has 2 aliphatic carbocycles. The van der Waals surface area contributed by atoms with Crippen molar-refractivity contribution in [2.75, 3.05) is 33.7 Å². The van der Waals surface area contributed by atoms with E-state index in [1.165, 1.54) is 23.2 Å². The van der Waals surface area contributed by atoms with Crippen LogP contribution in [0.25, 0.3) is 11.1 Å². The summed E-state index contributed by atoms with van der Waals surface area (Å²) in [6, 6.07) is 19.8. The van der Waals surface area contributed by atoms with E-state index < -0.39 is 0 Å². The van der Waals surface area contributed by atoms with Crippen LogP contribution in [0.4, 0.5) is 0 Å². The fraction of sp³-hybridized carbons (Fsp3) is 0.333. The molecule has 1 unspecified atom stereocenters. The molecule has 2 heteroatoms. The Morgan fingerprint density at radius 1 is 0.850 bits per heavy atom. The second-order valence-corrected chi connectivity index (χ2v) is 5.75. The van der Waals surface area contributed by atoms with Crippen LogP contribution in [0.5, 0.6) is 0 Å². The highest BCUT2D eigenvalue weighted by molar-refractivity contribution is 5.80. The molecule has 4 rings (SSSR count). The van der Waals surface area contributed by atoms with E-state index in [4.69, 9.17) is 0 Å². The molecule has 0 bridgehead atoms. The van der Waals surface area contributed by atoms with Gasteiger partial charge in [-0.05, 0) is 36.9 Å². The smallest absolute Gasteiger partial charge is 0.0472 e. The SMILES string of the molecule is CN1CCN(C)C(c2ccccc2)C1.c1cc2cc-2c1. The van der Waals surface area contributed by atoms with Crippen LogP contribution in [-0.2, 0) is 0 Å². The first kappa shape index (κ1) is 13.3. The molecule has 0 aromatic heterocycles. The van der Waals surface area contributed by atoms with Gasteiger partial charge in [0, 0.05) is 25.7 Å². The first-order valence-corrected chi connectivity index (χ1v) is 7.28. The summed E-state index contributed by atoms with van der Waals surface area (Å²) < 4.78 is 0. The molecule has 1 atom stereocenters. The molecular formula is C18H22N2. The zero-order chi connectivity index (χ0) is 13.9. The summed E-state index contributed by atoms with van der Waals surface area (Å²) >= 11 is 0. The Hall–Kier alpha value is -1.64. The standard InChI is InChI=1S/C12H18N2.C6H4/c1-13-8-9-14(2)12(10-13)11-6-4-3-5-7-11;1-2-5-4-6(5)3-1/h3-7,12H,8-10H2,1-2H3;1-4H. The minimum absolute atomic E-state index is 0.565. The minimum atomic E-state index is 0.565. The number of hydrogen-bond donors (Lipinski definition) is 0. The van der Waals surface area contributed by atoms with E-state index in [-0.39, 0.29) is 0 Å². The minimum Gasteiger partial charge on any atom is -0.303 e. The highest BCUT2D eigenvalue weighted by Gasteiger charge is 2.22. The lowest BCUT2D eigenvalue weighted by molar-refractivity contribution is 0.115. The molecule has 104 valence electrons. The van der Waals surface area contributed by atoms with Crippen LogP contribution >= 0.6 is 0 Å². The highest BCUT2D eigenvalue weighted by Crippen LogP contribution is 2.32.